The molecule has 4 aromatic carbocycles. The van der Waals surface area contributed by atoms with E-state index in [1.54, 1.807) is 24.3 Å². The van der Waals surface area contributed by atoms with Crippen LogP contribution in [0.4, 0.5) is 5.69 Å². The van der Waals surface area contributed by atoms with Crippen LogP contribution in [0.1, 0.15) is 37.5 Å². The molecule has 0 spiro atoms. The van der Waals surface area contributed by atoms with E-state index in [0.717, 1.165) is 21.0 Å². The Labute approximate surface area is 296 Å². The zero-order valence-electron chi connectivity index (χ0n) is 29.6. The monoisotopic (exact) mass is 701 g/mol. The number of carbonyl (C=O) groups excluding carboxylic acids is 2. The van der Waals surface area contributed by atoms with Gasteiger partial charge < -0.3 is 24.4 Å². The fourth-order valence-corrected chi connectivity index (χ4v) is 6.92. The average molecular weight is 702 g/mol. The lowest BCUT2D eigenvalue weighted by atomic mass is 10.0. The number of rotatable bonds is 17. The van der Waals surface area contributed by atoms with Gasteiger partial charge in [0.05, 0.1) is 31.4 Å². The summed E-state index contributed by atoms with van der Waals surface area (Å²) in [6, 6.07) is 27.0. The minimum atomic E-state index is -4.36. The van der Waals surface area contributed by atoms with Gasteiger partial charge in [0.15, 0.2) is 11.5 Å². The SMILES string of the molecule is CCOc1ccc(N(CC(=O)N(Cc2cccc(C)c2)[C@@H](Cc2ccccc2)C(=O)NCC(C)C)S(=O)(=O)c2ccc(OC)c(OC)c2)cc1. The zero-order chi connectivity index (χ0) is 36.3. The number of hydrogen-bond acceptors (Lipinski definition) is 7. The van der Waals surface area contributed by atoms with Crippen LogP contribution < -0.4 is 23.8 Å². The average Bonchev–Trinajstić information content (AvgIpc) is 3.11. The van der Waals surface area contributed by atoms with Gasteiger partial charge in [-0.1, -0.05) is 74.0 Å². The van der Waals surface area contributed by atoms with Gasteiger partial charge in [-0.3, -0.25) is 13.9 Å². The molecule has 1 N–H and O–H groups in total. The van der Waals surface area contributed by atoms with Gasteiger partial charge in [0.1, 0.15) is 18.3 Å². The van der Waals surface area contributed by atoms with Gasteiger partial charge in [-0.15, -0.1) is 0 Å². The first-order chi connectivity index (χ1) is 24.0. The van der Waals surface area contributed by atoms with Crippen molar-refractivity contribution in [3.05, 3.63) is 114 Å². The zero-order valence-corrected chi connectivity index (χ0v) is 30.4. The maximum absolute atomic E-state index is 14.7. The van der Waals surface area contributed by atoms with E-state index in [2.05, 4.69) is 5.32 Å². The summed E-state index contributed by atoms with van der Waals surface area (Å²) in [5.41, 5.74) is 2.91. The fourth-order valence-electron chi connectivity index (χ4n) is 5.49. The van der Waals surface area contributed by atoms with Crippen molar-refractivity contribution in [1.82, 2.24) is 10.2 Å². The summed E-state index contributed by atoms with van der Waals surface area (Å²) in [6.07, 6.45) is 0.230. The molecular weight excluding hydrogens is 655 g/mol. The minimum Gasteiger partial charge on any atom is -0.494 e. The molecule has 50 heavy (non-hydrogen) atoms. The van der Waals surface area contributed by atoms with Crippen LogP contribution in [0.2, 0.25) is 0 Å². The lowest BCUT2D eigenvalue weighted by Gasteiger charge is -2.34. The van der Waals surface area contributed by atoms with Gasteiger partial charge in [-0.25, -0.2) is 8.42 Å². The lowest BCUT2D eigenvalue weighted by molar-refractivity contribution is -0.140. The molecule has 0 aliphatic heterocycles. The smallest absolute Gasteiger partial charge is 0.264 e. The van der Waals surface area contributed by atoms with Crippen LogP contribution in [0.15, 0.2) is 102 Å². The van der Waals surface area contributed by atoms with Crippen LogP contribution >= 0.6 is 0 Å². The van der Waals surface area contributed by atoms with Gasteiger partial charge in [0.2, 0.25) is 11.8 Å². The second-order valence-electron chi connectivity index (χ2n) is 12.3. The molecule has 4 aromatic rings. The molecule has 11 heteroatoms. The highest BCUT2D eigenvalue weighted by molar-refractivity contribution is 7.92. The summed E-state index contributed by atoms with van der Waals surface area (Å²) in [5.74, 6) is 0.438. The third-order valence-electron chi connectivity index (χ3n) is 8.05. The first-order valence-electron chi connectivity index (χ1n) is 16.6. The fraction of sp³-hybridized carbons (Fsp3) is 0.333. The third-order valence-corrected chi connectivity index (χ3v) is 9.82. The molecule has 0 bridgehead atoms. The van der Waals surface area contributed by atoms with Crippen molar-refractivity contribution < 1.29 is 32.2 Å². The maximum Gasteiger partial charge on any atom is 0.264 e. The van der Waals surface area contributed by atoms with Crippen LogP contribution in [0, 0.1) is 12.8 Å². The van der Waals surface area contributed by atoms with Crippen LogP contribution in [-0.4, -0.2) is 65.1 Å². The largest absolute Gasteiger partial charge is 0.494 e. The number of amides is 2. The van der Waals surface area contributed by atoms with Crippen LogP contribution in [0.3, 0.4) is 0 Å². The highest BCUT2D eigenvalue weighted by Gasteiger charge is 2.35. The van der Waals surface area contributed by atoms with E-state index in [1.165, 1.54) is 37.3 Å². The molecule has 0 aliphatic rings. The van der Waals surface area contributed by atoms with Crippen molar-refractivity contribution in [2.75, 3.05) is 38.2 Å². The van der Waals surface area contributed by atoms with E-state index in [-0.39, 0.29) is 41.1 Å². The first kappa shape index (κ1) is 37.8. The summed E-state index contributed by atoms with van der Waals surface area (Å²) < 4.78 is 46.4. The van der Waals surface area contributed by atoms with E-state index in [0.29, 0.717) is 24.7 Å². The normalized spacial score (nSPS) is 11.8. The topological polar surface area (TPSA) is 114 Å². The summed E-state index contributed by atoms with van der Waals surface area (Å²) in [7, 11) is -1.48. The molecule has 0 fully saturated rings. The molecule has 10 nitrogen and oxygen atoms in total. The summed E-state index contributed by atoms with van der Waals surface area (Å²) in [6.45, 7) is 8.15. The Hall–Kier alpha value is -5.03. The lowest BCUT2D eigenvalue weighted by Crippen LogP contribution is -2.53. The van der Waals surface area contributed by atoms with Crippen molar-refractivity contribution in [3.63, 3.8) is 0 Å². The predicted octanol–water partition coefficient (Wildman–Crippen LogP) is 6.02. The summed E-state index contributed by atoms with van der Waals surface area (Å²) >= 11 is 0. The van der Waals surface area contributed by atoms with Crippen molar-refractivity contribution in [2.45, 2.75) is 51.6 Å². The molecule has 0 saturated heterocycles. The molecule has 1 atom stereocenters. The molecule has 0 saturated carbocycles. The minimum absolute atomic E-state index is 0.0840. The number of benzene rings is 4. The van der Waals surface area contributed by atoms with Crippen molar-refractivity contribution >= 4 is 27.5 Å². The number of aryl methyl sites for hydroxylation is 1. The molecule has 0 heterocycles. The molecule has 266 valence electrons. The number of methoxy groups -OCH3 is 2. The molecule has 0 aliphatic carbocycles. The molecule has 2 amide bonds. The van der Waals surface area contributed by atoms with Crippen molar-refractivity contribution in [1.29, 1.82) is 0 Å². The Morgan fingerprint density at radius 1 is 0.820 bits per heavy atom. The predicted molar refractivity (Wildman–Crippen MR) is 195 cm³/mol. The Kier molecular flexibility index (Phi) is 13.3. The van der Waals surface area contributed by atoms with Gasteiger partial charge in [-0.2, -0.15) is 0 Å². The number of carbonyl (C=O) groups is 2. The number of anilines is 1. The van der Waals surface area contributed by atoms with Crippen LogP contribution in [0.5, 0.6) is 17.2 Å². The van der Waals surface area contributed by atoms with E-state index in [4.69, 9.17) is 14.2 Å². The highest BCUT2D eigenvalue weighted by atomic mass is 32.2. The Balaban J connectivity index is 1.83. The molecule has 0 aromatic heterocycles. The third kappa shape index (κ3) is 9.78. The summed E-state index contributed by atoms with van der Waals surface area (Å²) in [4.78, 5) is 30.1. The van der Waals surface area contributed by atoms with E-state index in [1.807, 2.05) is 82.3 Å². The Morgan fingerprint density at radius 2 is 1.50 bits per heavy atom. The number of nitrogens with zero attached hydrogens (tertiary/aromatic N) is 2. The summed E-state index contributed by atoms with van der Waals surface area (Å²) in [5, 5.41) is 3.01. The van der Waals surface area contributed by atoms with E-state index >= 15 is 0 Å². The molecule has 4 rings (SSSR count). The number of hydrogen-bond donors (Lipinski definition) is 1. The maximum atomic E-state index is 14.7. The quantitative estimate of drug-likeness (QED) is 0.143. The van der Waals surface area contributed by atoms with Gasteiger partial charge >= 0.3 is 0 Å². The van der Waals surface area contributed by atoms with Gasteiger partial charge in [-0.05, 0) is 67.3 Å². The van der Waals surface area contributed by atoms with Gasteiger partial charge in [0, 0.05) is 25.6 Å². The molecule has 0 radical (unpaired) electrons. The number of ether oxygens (including phenoxy) is 3. The van der Waals surface area contributed by atoms with Crippen LogP contribution in [-0.2, 0) is 32.6 Å². The van der Waals surface area contributed by atoms with Gasteiger partial charge in [0.25, 0.3) is 10.0 Å². The first-order valence-corrected chi connectivity index (χ1v) is 18.0. The van der Waals surface area contributed by atoms with E-state index < -0.39 is 28.5 Å². The van der Waals surface area contributed by atoms with E-state index in [9.17, 15) is 18.0 Å². The second kappa shape index (κ2) is 17.6. The highest BCUT2D eigenvalue weighted by Crippen LogP contribution is 2.33. The number of nitrogens with one attached hydrogen (secondary N) is 1. The van der Waals surface area contributed by atoms with Crippen LogP contribution in [0.25, 0.3) is 0 Å². The number of sulfonamides is 1. The van der Waals surface area contributed by atoms with Crippen molar-refractivity contribution in [2.24, 2.45) is 5.92 Å². The molecule has 0 unspecified atom stereocenters. The van der Waals surface area contributed by atoms with Crippen molar-refractivity contribution in [3.8, 4) is 17.2 Å². The second-order valence-corrected chi connectivity index (χ2v) is 14.2. The Bertz CT molecular complexity index is 1830. The molecular formula is C39H47N3O7S. The Morgan fingerprint density at radius 3 is 2.12 bits per heavy atom. The standard InChI is InChI=1S/C39H47N3O7S/c1-7-49-33-18-16-32(17-19-33)42(50(45,46)34-20-21-36(47-5)37(24-34)48-6)27-38(43)41(26-31-15-11-12-29(4)22-31)35(39(44)40-25-28(2)3)23-30-13-9-8-10-14-30/h8-22,24,28,35H,7,23,25-27H2,1-6H3,(H,40,44)/t35-/m0/s1.